The summed E-state index contributed by atoms with van der Waals surface area (Å²) in [5.74, 6) is 0.344. The lowest BCUT2D eigenvalue weighted by molar-refractivity contribution is -0.384. The molecule has 0 aliphatic heterocycles. The van der Waals surface area contributed by atoms with Gasteiger partial charge in [-0.2, -0.15) is 0 Å². The summed E-state index contributed by atoms with van der Waals surface area (Å²) in [4.78, 5) is 16.2. The van der Waals surface area contributed by atoms with E-state index in [1.54, 1.807) is 11.9 Å². The number of pyridine rings is 1. The van der Waals surface area contributed by atoms with Gasteiger partial charge in [0.25, 0.3) is 0 Å². The highest BCUT2D eigenvalue weighted by Gasteiger charge is 2.19. The van der Waals surface area contributed by atoms with Crippen LogP contribution in [0, 0.1) is 10.1 Å². The number of aromatic nitrogens is 1. The van der Waals surface area contributed by atoms with Gasteiger partial charge in [0.15, 0.2) is 0 Å². The molecule has 0 aromatic carbocycles. The summed E-state index contributed by atoms with van der Waals surface area (Å²) < 4.78 is 0.590. The van der Waals surface area contributed by atoms with E-state index in [1.807, 2.05) is 6.92 Å². The number of hydrogen-bond donors (Lipinski definition) is 0. The van der Waals surface area contributed by atoms with Gasteiger partial charge >= 0.3 is 5.69 Å². The van der Waals surface area contributed by atoms with Gasteiger partial charge in [-0.15, -0.1) is 0 Å². The smallest absolute Gasteiger partial charge is 0.312 e. The highest BCUT2D eigenvalue weighted by atomic mass is 79.9. The Hall–Kier alpha value is -1.43. The Morgan fingerprint density at radius 1 is 1.75 bits per heavy atom. The molecule has 0 unspecified atom stereocenters. The van der Waals surface area contributed by atoms with Crippen molar-refractivity contribution < 1.29 is 4.92 Å². The molecule has 0 aliphatic carbocycles. The molecule has 0 bridgehead atoms. The predicted molar refractivity (Wildman–Crippen MR) is 66.7 cm³/mol. The Morgan fingerprint density at radius 2 is 2.38 bits per heavy atom. The van der Waals surface area contributed by atoms with E-state index in [2.05, 4.69) is 27.5 Å². The van der Waals surface area contributed by atoms with Crippen LogP contribution in [0.5, 0.6) is 0 Å². The normalized spacial score (nSPS) is 9.94. The van der Waals surface area contributed by atoms with E-state index in [4.69, 9.17) is 0 Å². The van der Waals surface area contributed by atoms with E-state index < -0.39 is 4.92 Å². The van der Waals surface area contributed by atoms with Crippen LogP contribution in [0.3, 0.4) is 0 Å². The minimum atomic E-state index is -0.442. The lowest BCUT2D eigenvalue weighted by Gasteiger charge is -2.17. The van der Waals surface area contributed by atoms with Crippen LogP contribution in [-0.2, 0) is 0 Å². The molecule has 0 spiro atoms. The molecule has 1 heterocycles. The maximum absolute atomic E-state index is 10.9. The zero-order valence-electron chi connectivity index (χ0n) is 9.11. The Labute approximate surface area is 102 Å². The highest BCUT2D eigenvalue weighted by Crippen LogP contribution is 2.27. The number of halogens is 1. The summed E-state index contributed by atoms with van der Waals surface area (Å²) in [7, 11) is 1.75. The van der Waals surface area contributed by atoms with Gasteiger partial charge in [-0.1, -0.05) is 12.2 Å². The van der Waals surface area contributed by atoms with Gasteiger partial charge in [-0.05, 0) is 22.9 Å². The van der Waals surface area contributed by atoms with Gasteiger partial charge in [0.2, 0.25) is 5.82 Å². The quantitative estimate of drug-likeness (QED) is 0.485. The molecule has 1 rings (SSSR count). The number of likely N-dealkylation sites (N-methyl/N-ethyl adjacent to an activating group) is 1. The topological polar surface area (TPSA) is 59.3 Å². The van der Waals surface area contributed by atoms with Crippen LogP contribution in [0.15, 0.2) is 28.9 Å². The zero-order valence-corrected chi connectivity index (χ0v) is 10.7. The van der Waals surface area contributed by atoms with Crippen molar-refractivity contribution in [2.24, 2.45) is 0 Å². The maximum atomic E-state index is 10.9. The Bertz CT molecular complexity index is 434. The summed E-state index contributed by atoms with van der Waals surface area (Å²) >= 11 is 3.16. The molecule has 0 saturated carbocycles. The second-order valence-corrected chi connectivity index (χ2v) is 4.48. The van der Waals surface area contributed by atoms with Crippen LogP contribution < -0.4 is 4.90 Å². The van der Waals surface area contributed by atoms with Gasteiger partial charge in [0, 0.05) is 30.3 Å². The summed E-state index contributed by atoms with van der Waals surface area (Å²) in [5.41, 5.74) is 0.902. The largest absolute Gasteiger partial charge is 0.350 e. The maximum Gasteiger partial charge on any atom is 0.312 e. The molecule has 0 N–H and O–H groups in total. The molecule has 1 aromatic rings. The fraction of sp³-hybridized carbons (Fsp3) is 0.300. The van der Waals surface area contributed by atoms with Gasteiger partial charge in [0.1, 0.15) is 0 Å². The first-order chi connectivity index (χ1) is 7.41. The first-order valence-corrected chi connectivity index (χ1v) is 5.36. The standard InChI is InChI=1S/C10H12BrN3O2/c1-7(2)6-13(3)10-9(14(15)16)4-8(11)5-12-10/h4-5H,1,6H2,2-3H3. The third kappa shape index (κ3) is 3.03. The van der Waals surface area contributed by atoms with E-state index >= 15 is 0 Å². The minimum Gasteiger partial charge on any atom is -0.350 e. The van der Waals surface area contributed by atoms with Gasteiger partial charge in [0.05, 0.1) is 4.92 Å². The van der Waals surface area contributed by atoms with Crippen LogP contribution in [-0.4, -0.2) is 23.5 Å². The Balaban J connectivity index is 3.12. The second-order valence-electron chi connectivity index (χ2n) is 3.57. The van der Waals surface area contributed by atoms with E-state index in [0.29, 0.717) is 16.8 Å². The summed E-state index contributed by atoms with van der Waals surface area (Å²) in [5, 5.41) is 10.9. The number of rotatable bonds is 4. The van der Waals surface area contributed by atoms with Crippen LogP contribution in [0.4, 0.5) is 11.5 Å². The van der Waals surface area contributed by atoms with E-state index in [-0.39, 0.29) is 5.69 Å². The fourth-order valence-corrected chi connectivity index (χ4v) is 1.65. The first kappa shape index (κ1) is 12.6. The molecule has 0 saturated heterocycles. The molecule has 0 atom stereocenters. The number of nitro groups is 1. The van der Waals surface area contributed by atoms with Crippen LogP contribution in [0.1, 0.15) is 6.92 Å². The van der Waals surface area contributed by atoms with E-state index in [9.17, 15) is 10.1 Å². The molecular weight excluding hydrogens is 274 g/mol. The molecule has 0 amide bonds. The molecule has 0 radical (unpaired) electrons. The SMILES string of the molecule is C=C(C)CN(C)c1ncc(Br)cc1[N+](=O)[O-]. The average Bonchev–Trinajstić information content (AvgIpc) is 2.16. The number of hydrogen-bond acceptors (Lipinski definition) is 4. The molecular formula is C10H12BrN3O2. The average molecular weight is 286 g/mol. The Morgan fingerprint density at radius 3 is 2.88 bits per heavy atom. The molecule has 0 fully saturated rings. The van der Waals surface area contributed by atoms with Crippen LogP contribution in [0.2, 0.25) is 0 Å². The van der Waals surface area contributed by atoms with Crippen molar-refractivity contribution in [1.82, 2.24) is 4.98 Å². The summed E-state index contributed by atoms with van der Waals surface area (Å²) in [6.45, 7) is 6.16. The van der Waals surface area contributed by atoms with Crippen molar-refractivity contribution in [2.75, 3.05) is 18.5 Å². The number of nitrogens with zero attached hydrogens (tertiary/aromatic N) is 3. The van der Waals surface area contributed by atoms with E-state index in [0.717, 1.165) is 5.57 Å². The van der Waals surface area contributed by atoms with Crippen molar-refractivity contribution >= 4 is 27.4 Å². The van der Waals surface area contributed by atoms with Crippen molar-refractivity contribution in [3.05, 3.63) is 39.0 Å². The molecule has 86 valence electrons. The third-order valence-electron chi connectivity index (χ3n) is 1.88. The lowest BCUT2D eigenvalue weighted by atomic mass is 10.3. The number of anilines is 1. The molecule has 5 nitrogen and oxygen atoms in total. The molecule has 6 heteroatoms. The highest BCUT2D eigenvalue weighted by molar-refractivity contribution is 9.10. The Kier molecular flexibility index (Phi) is 4.00. The van der Waals surface area contributed by atoms with Gasteiger partial charge in [-0.25, -0.2) is 4.98 Å². The third-order valence-corrected chi connectivity index (χ3v) is 2.31. The lowest BCUT2D eigenvalue weighted by Crippen LogP contribution is -2.21. The zero-order chi connectivity index (χ0) is 12.3. The van der Waals surface area contributed by atoms with Crippen molar-refractivity contribution in [3.8, 4) is 0 Å². The van der Waals surface area contributed by atoms with Crippen LogP contribution >= 0.6 is 15.9 Å². The summed E-state index contributed by atoms with van der Waals surface area (Å²) in [6.07, 6.45) is 1.54. The molecule has 0 aliphatic rings. The minimum absolute atomic E-state index is 0.0156. The first-order valence-electron chi connectivity index (χ1n) is 4.57. The second kappa shape index (κ2) is 5.07. The fourth-order valence-electron chi connectivity index (χ4n) is 1.33. The monoisotopic (exact) mass is 285 g/mol. The summed E-state index contributed by atoms with van der Waals surface area (Å²) in [6, 6.07) is 1.44. The van der Waals surface area contributed by atoms with Gasteiger partial charge in [-0.3, -0.25) is 10.1 Å². The molecule has 1 aromatic heterocycles. The van der Waals surface area contributed by atoms with Gasteiger partial charge < -0.3 is 4.90 Å². The van der Waals surface area contributed by atoms with Crippen LogP contribution in [0.25, 0.3) is 0 Å². The van der Waals surface area contributed by atoms with Crippen molar-refractivity contribution in [2.45, 2.75) is 6.92 Å². The molecule has 16 heavy (non-hydrogen) atoms. The van der Waals surface area contributed by atoms with Crippen molar-refractivity contribution in [3.63, 3.8) is 0 Å². The van der Waals surface area contributed by atoms with Crippen molar-refractivity contribution in [1.29, 1.82) is 0 Å². The predicted octanol–water partition coefficient (Wildman–Crippen LogP) is 2.76. The van der Waals surface area contributed by atoms with E-state index in [1.165, 1.54) is 12.3 Å².